The van der Waals surface area contributed by atoms with Crippen LogP contribution < -0.4 is 0 Å². The average Bonchev–Trinajstić information content (AvgIpc) is 2.61. The fraction of sp³-hybridized carbons (Fsp3) is 0.500. The number of carboxylic acid groups (broad SMARTS) is 1. The fourth-order valence-corrected chi connectivity index (χ4v) is 3.02. The first-order chi connectivity index (χ1) is 11.4. The van der Waals surface area contributed by atoms with Gasteiger partial charge in [-0.1, -0.05) is 25.1 Å². The molecule has 0 spiro atoms. The van der Waals surface area contributed by atoms with E-state index in [1.54, 1.807) is 31.0 Å². The van der Waals surface area contributed by atoms with Crippen molar-refractivity contribution in [2.75, 3.05) is 26.7 Å². The Morgan fingerprint density at radius 2 is 1.96 bits per heavy atom. The molecule has 1 aromatic carbocycles. The van der Waals surface area contributed by atoms with Crippen LogP contribution in [0.3, 0.4) is 0 Å². The van der Waals surface area contributed by atoms with Crippen molar-refractivity contribution in [2.45, 2.75) is 19.8 Å². The summed E-state index contributed by atoms with van der Waals surface area (Å²) in [5.74, 6) is -1.94. The molecule has 24 heavy (non-hydrogen) atoms. The van der Waals surface area contributed by atoms with Gasteiger partial charge in [0.2, 0.25) is 5.91 Å². The first kappa shape index (κ1) is 18.0. The number of piperidine rings is 1. The van der Waals surface area contributed by atoms with Crippen molar-refractivity contribution in [3.8, 4) is 0 Å². The van der Waals surface area contributed by atoms with Gasteiger partial charge in [0.15, 0.2) is 0 Å². The van der Waals surface area contributed by atoms with E-state index in [0.29, 0.717) is 18.7 Å². The summed E-state index contributed by atoms with van der Waals surface area (Å²) in [6.07, 6.45) is 1.50. The Balaban J connectivity index is 1.98. The van der Waals surface area contributed by atoms with Crippen LogP contribution in [0.5, 0.6) is 0 Å². The molecule has 1 aliphatic rings. The van der Waals surface area contributed by atoms with E-state index in [4.69, 9.17) is 5.11 Å². The molecule has 2 unspecified atom stereocenters. The lowest BCUT2D eigenvalue weighted by Crippen LogP contribution is -2.46. The number of hydrogen-bond acceptors (Lipinski definition) is 3. The first-order valence-electron chi connectivity index (χ1n) is 8.22. The van der Waals surface area contributed by atoms with Crippen molar-refractivity contribution in [1.82, 2.24) is 9.80 Å². The number of hydrogen-bond donors (Lipinski definition) is 1. The fourth-order valence-electron chi connectivity index (χ4n) is 3.02. The maximum absolute atomic E-state index is 12.6. The highest BCUT2D eigenvalue weighted by Gasteiger charge is 2.31. The van der Waals surface area contributed by atoms with E-state index in [0.717, 1.165) is 12.8 Å². The number of carbonyl (C=O) groups is 3. The first-order valence-corrected chi connectivity index (χ1v) is 8.22. The van der Waals surface area contributed by atoms with Gasteiger partial charge in [-0.05, 0) is 25.0 Å². The highest BCUT2D eigenvalue weighted by atomic mass is 16.4. The number of likely N-dealkylation sites (tertiary alicyclic amines) is 1. The third-order valence-corrected chi connectivity index (χ3v) is 4.42. The molecule has 0 aliphatic carbocycles. The summed E-state index contributed by atoms with van der Waals surface area (Å²) in [6.45, 7) is 2.79. The molecule has 130 valence electrons. The van der Waals surface area contributed by atoms with Crippen LogP contribution in [-0.2, 0) is 9.59 Å². The van der Waals surface area contributed by atoms with Crippen molar-refractivity contribution in [1.29, 1.82) is 0 Å². The van der Waals surface area contributed by atoms with Gasteiger partial charge in [0, 0.05) is 32.2 Å². The number of carbonyl (C=O) groups excluding carboxylic acids is 2. The number of benzene rings is 1. The van der Waals surface area contributed by atoms with Crippen molar-refractivity contribution in [3.05, 3.63) is 35.9 Å². The van der Waals surface area contributed by atoms with E-state index >= 15 is 0 Å². The molecule has 6 nitrogen and oxygen atoms in total. The predicted octanol–water partition coefficient (Wildman–Crippen LogP) is 1.72. The summed E-state index contributed by atoms with van der Waals surface area (Å²) < 4.78 is 0. The molecule has 2 rings (SSSR count). The maximum Gasteiger partial charge on any atom is 0.308 e. The van der Waals surface area contributed by atoms with Gasteiger partial charge in [-0.2, -0.15) is 0 Å². The molecular formula is C18H24N2O4. The third-order valence-electron chi connectivity index (χ3n) is 4.42. The third kappa shape index (κ3) is 4.34. The van der Waals surface area contributed by atoms with Crippen LogP contribution in [0.25, 0.3) is 0 Å². The molecule has 0 aromatic heterocycles. The molecular weight excluding hydrogens is 308 g/mol. The molecule has 2 atom stereocenters. The average molecular weight is 332 g/mol. The van der Waals surface area contributed by atoms with Crippen molar-refractivity contribution >= 4 is 17.8 Å². The topological polar surface area (TPSA) is 77.9 Å². The standard InChI is InChI=1S/C18H24N2O4/c1-13(18(23)24)11-19(2)16(21)15-9-6-10-20(12-15)17(22)14-7-4-3-5-8-14/h3-5,7-8,13,15H,6,9-12H2,1-2H3,(H,23,24). The van der Waals surface area contributed by atoms with Crippen LogP contribution in [0.15, 0.2) is 30.3 Å². The number of amides is 2. The monoisotopic (exact) mass is 332 g/mol. The Morgan fingerprint density at radius 1 is 1.29 bits per heavy atom. The molecule has 0 bridgehead atoms. The smallest absolute Gasteiger partial charge is 0.308 e. The van der Waals surface area contributed by atoms with Crippen molar-refractivity contribution < 1.29 is 19.5 Å². The Hall–Kier alpha value is -2.37. The van der Waals surface area contributed by atoms with Gasteiger partial charge < -0.3 is 14.9 Å². The van der Waals surface area contributed by atoms with Crippen LogP contribution in [0.2, 0.25) is 0 Å². The van der Waals surface area contributed by atoms with E-state index < -0.39 is 11.9 Å². The van der Waals surface area contributed by atoms with E-state index in [1.807, 2.05) is 18.2 Å². The molecule has 1 aromatic rings. The minimum absolute atomic E-state index is 0.0605. The molecule has 1 saturated heterocycles. The lowest BCUT2D eigenvalue weighted by molar-refractivity contribution is -0.143. The van der Waals surface area contributed by atoms with E-state index in [-0.39, 0.29) is 24.3 Å². The quantitative estimate of drug-likeness (QED) is 0.890. The second kappa shape index (κ2) is 7.95. The van der Waals surface area contributed by atoms with Crippen LogP contribution in [0, 0.1) is 11.8 Å². The van der Waals surface area contributed by atoms with Crippen molar-refractivity contribution in [3.63, 3.8) is 0 Å². The van der Waals surface area contributed by atoms with Crippen molar-refractivity contribution in [2.24, 2.45) is 11.8 Å². The summed E-state index contributed by atoms with van der Waals surface area (Å²) in [5.41, 5.74) is 0.624. The summed E-state index contributed by atoms with van der Waals surface area (Å²) >= 11 is 0. The largest absolute Gasteiger partial charge is 0.481 e. The molecule has 1 N–H and O–H groups in total. The Kier molecular flexibility index (Phi) is 5.95. The molecule has 1 aliphatic heterocycles. The van der Waals surface area contributed by atoms with Gasteiger partial charge in [-0.3, -0.25) is 14.4 Å². The van der Waals surface area contributed by atoms with E-state index in [9.17, 15) is 14.4 Å². The second-order valence-corrected chi connectivity index (χ2v) is 6.41. The summed E-state index contributed by atoms with van der Waals surface area (Å²) in [6, 6.07) is 9.04. The van der Waals surface area contributed by atoms with Crippen LogP contribution in [0.4, 0.5) is 0 Å². The molecule has 2 amide bonds. The molecule has 0 saturated carbocycles. The van der Waals surface area contributed by atoms with Crippen LogP contribution in [0.1, 0.15) is 30.1 Å². The molecule has 1 heterocycles. The van der Waals surface area contributed by atoms with Gasteiger partial charge in [0.05, 0.1) is 11.8 Å². The van der Waals surface area contributed by atoms with E-state index in [1.165, 1.54) is 4.90 Å². The number of nitrogens with zero attached hydrogens (tertiary/aromatic N) is 2. The highest BCUT2D eigenvalue weighted by Crippen LogP contribution is 2.21. The summed E-state index contributed by atoms with van der Waals surface area (Å²) in [4.78, 5) is 39.2. The number of rotatable bonds is 5. The predicted molar refractivity (Wildman–Crippen MR) is 89.5 cm³/mol. The van der Waals surface area contributed by atoms with Gasteiger partial charge in [0.25, 0.3) is 5.91 Å². The lowest BCUT2D eigenvalue weighted by atomic mass is 9.95. The zero-order valence-electron chi connectivity index (χ0n) is 14.1. The van der Waals surface area contributed by atoms with Gasteiger partial charge in [0.1, 0.15) is 0 Å². The Bertz CT molecular complexity index is 602. The number of aliphatic carboxylic acids is 1. The zero-order valence-corrected chi connectivity index (χ0v) is 14.1. The maximum atomic E-state index is 12.6. The highest BCUT2D eigenvalue weighted by molar-refractivity contribution is 5.94. The SMILES string of the molecule is CC(CN(C)C(=O)C1CCCN(C(=O)c2ccccc2)C1)C(=O)O. The summed E-state index contributed by atoms with van der Waals surface area (Å²) in [5, 5.41) is 8.97. The van der Waals surface area contributed by atoms with Gasteiger partial charge in [-0.15, -0.1) is 0 Å². The molecule has 6 heteroatoms. The summed E-state index contributed by atoms with van der Waals surface area (Å²) in [7, 11) is 1.62. The Morgan fingerprint density at radius 3 is 2.58 bits per heavy atom. The molecule has 0 radical (unpaired) electrons. The Labute approximate surface area is 142 Å². The zero-order chi connectivity index (χ0) is 17.7. The minimum Gasteiger partial charge on any atom is -0.481 e. The lowest BCUT2D eigenvalue weighted by Gasteiger charge is -2.34. The molecule has 1 fully saturated rings. The normalized spacial score (nSPS) is 18.8. The minimum atomic E-state index is -0.917. The van der Waals surface area contributed by atoms with Crippen LogP contribution >= 0.6 is 0 Å². The number of carboxylic acids is 1. The second-order valence-electron chi connectivity index (χ2n) is 6.41. The van der Waals surface area contributed by atoms with E-state index in [2.05, 4.69) is 0 Å². The van der Waals surface area contributed by atoms with Gasteiger partial charge in [-0.25, -0.2) is 0 Å². The van der Waals surface area contributed by atoms with Crippen LogP contribution in [-0.4, -0.2) is 59.4 Å². The van der Waals surface area contributed by atoms with Gasteiger partial charge >= 0.3 is 5.97 Å².